The number of benzene rings is 2. The number of fused-ring (bicyclic) bond motifs is 2. The molecule has 2 saturated heterocycles. The Labute approximate surface area is 203 Å². The van der Waals surface area contributed by atoms with Gasteiger partial charge in [-0.1, -0.05) is 49.2 Å². The highest BCUT2D eigenvalue weighted by molar-refractivity contribution is 6.04. The van der Waals surface area contributed by atoms with Crippen LogP contribution < -0.4 is 5.56 Å². The third kappa shape index (κ3) is 3.97. The Morgan fingerprint density at radius 2 is 1.51 bits per heavy atom. The van der Waals surface area contributed by atoms with Crippen molar-refractivity contribution in [3.05, 3.63) is 76.2 Å². The number of rotatable bonds is 4. The number of carboxylic acid groups (broad SMARTS) is 1. The normalized spacial score (nSPS) is 24.0. The van der Waals surface area contributed by atoms with E-state index in [-0.39, 0.29) is 23.3 Å². The molecule has 3 fully saturated rings. The molecular weight excluding hydrogens is 444 g/mol. The van der Waals surface area contributed by atoms with Gasteiger partial charge >= 0.3 is 5.97 Å². The quantitative estimate of drug-likeness (QED) is 0.606. The third-order valence-corrected chi connectivity index (χ3v) is 7.78. The maximum absolute atomic E-state index is 13.6. The summed E-state index contributed by atoms with van der Waals surface area (Å²) >= 11 is 0. The average Bonchev–Trinajstić information content (AvgIpc) is 3.24. The zero-order valence-corrected chi connectivity index (χ0v) is 19.7. The van der Waals surface area contributed by atoms with Gasteiger partial charge in [-0.05, 0) is 31.0 Å². The van der Waals surface area contributed by atoms with Gasteiger partial charge in [-0.25, -0.2) is 4.79 Å². The molecule has 7 nitrogen and oxygen atoms in total. The first kappa shape index (κ1) is 22.5. The zero-order chi connectivity index (χ0) is 24.0. The second-order valence-corrected chi connectivity index (χ2v) is 9.93. The lowest BCUT2D eigenvalue weighted by Gasteiger charge is -2.38. The molecule has 35 heavy (non-hydrogen) atoms. The molecule has 7 heteroatoms. The standard InChI is InChI=1S/C28H30N2O5/c31-26-21-11-5-4-10-20(21)25(27(32)33)22(30(26)19-8-2-1-3-9-19)18-29-16-14-28(15-17-29)34-23-12-6-7-13-24(23)35-28/h1-5,8-11,23-24H,6-7,12-18H2,(H,32,33). The molecule has 3 aliphatic rings. The van der Waals surface area contributed by atoms with Crippen LogP contribution in [0.5, 0.6) is 0 Å². The lowest BCUT2D eigenvalue weighted by Crippen LogP contribution is -2.46. The molecule has 2 aliphatic heterocycles. The van der Waals surface area contributed by atoms with Gasteiger partial charge in [-0.15, -0.1) is 0 Å². The van der Waals surface area contributed by atoms with Crippen LogP contribution in [-0.4, -0.2) is 51.6 Å². The number of hydrogen-bond acceptors (Lipinski definition) is 5. The van der Waals surface area contributed by atoms with Gasteiger partial charge in [0, 0.05) is 48.9 Å². The van der Waals surface area contributed by atoms with Crippen LogP contribution in [-0.2, 0) is 16.0 Å². The minimum absolute atomic E-state index is 0.184. The van der Waals surface area contributed by atoms with Crippen LogP contribution in [0, 0.1) is 0 Å². The highest BCUT2D eigenvalue weighted by Gasteiger charge is 2.49. The van der Waals surface area contributed by atoms with Crippen LogP contribution in [0.2, 0.25) is 0 Å². The molecule has 2 aromatic carbocycles. The highest BCUT2D eigenvalue weighted by Crippen LogP contribution is 2.42. The van der Waals surface area contributed by atoms with Crippen LogP contribution in [0.3, 0.4) is 0 Å². The molecule has 2 unspecified atom stereocenters. The number of pyridine rings is 1. The predicted octanol–water partition coefficient (Wildman–Crippen LogP) is 4.34. The van der Waals surface area contributed by atoms with Crippen molar-refractivity contribution in [3.8, 4) is 5.69 Å². The molecule has 1 saturated carbocycles. The monoisotopic (exact) mass is 474 g/mol. The smallest absolute Gasteiger partial charge is 0.338 e. The van der Waals surface area contributed by atoms with Crippen molar-refractivity contribution in [2.45, 2.75) is 63.1 Å². The van der Waals surface area contributed by atoms with Crippen LogP contribution in [0.4, 0.5) is 0 Å². The number of carboxylic acids is 1. The summed E-state index contributed by atoms with van der Waals surface area (Å²) in [6, 6.07) is 16.3. The molecule has 2 atom stereocenters. The fourth-order valence-corrected chi connectivity index (χ4v) is 6.05. The Morgan fingerprint density at radius 3 is 2.14 bits per heavy atom. The van der Waals surface area contributed by atoms with Gasteiger partial charge in [-0.3, -0.25) is 14.3 Å². The van der Waals surface area contributed by atoms with Crippen molar-refractivity contribution in [3.63, 3.8) is 0 Å². The van der Waals surface area contributed by atoms with Crippen molar-refractivity contribution >= 4 is 16.7 Å². The molecule has 3 heterocycles. The lowest BCUT2D eigenvalue weighted by molar-refractivity contribution is -0.201. The van der Waals surface area contributed by atoms with Crippen molar-refractivity contribution in [1.29, 1.82) is 0 Å². The third-order valence-electron chi connectivity index (χ3n) is 7.78. The Bertz CT molecular complexity index is 1290. The van der Waals surface area contributed by atoms with E-state index in [1.54, 1.807) is 28.8 Å². The van der Waals surface area contributed by atoms with E-state index in [9.17, 15) is 14.7 Å². The van der Waals surface area contributed by atoms with Crippen LogP contribution >= 0.6 is 0 Å². The maximum Gasteiger partial charge on any atom is 0.338 e. The van der Waals surface area contributed by atoms with E-state index in [1.165, 1.54) is 12.8 Å². The molecule has 1 aliphatic carbocycles. The largest absolute Gasteiger partial charge is 0.478 e. The van der Waals surface area contributed by atoms with E-state index in [2.05, 4.69) is 4.90 Å². The Hall–Kier alpha value is -3.00. The summed E-state index contributed by atoms with van der Waals surface area (Å²) in [5.41, 5.74) is 1.15. The summed E-state index contributed by atoms with van der Waals surface area (Å²) in [6.07, 6.45) is 6.43. The van der Waals surface area contributed by atoms with E-state index in [4.69, 9.17) is 9.47 Å². The summed E-state index contributed by atoms with van der Waals surface area (Å²) in [4.78, 5) is 28.4. The molecule has 0 radical (unpaired) electrons. The fourth-order valence-electron chi connectivity index (χ4n) is 6.05. The molecule has 1 N–H and O–H groups in total. The van der Waals surface area contributed by atoms with E-state index >= 15 is 0 Å². The molecule has 1 aromatic heterocycles. The fraction of sp³-hybridized carbons (Fsp3) is 0.429. The summed E-state index contributed by atoms with van der Waals surface area (Å²) in [5.74, 6) is -1.55. The van der Waals surface area contributed by atoms with Gasteiger partial charge in [0.2, 0.25) is 0 Å². The highest BCUT2D eigenvalue weighted by atomic mass is 16.8. The zero-order valence-electron chi connectivity index (χ0n) is 19.7. The molecule has 3 aromatic rings. The summed E-state index contributed by atoms with van der Waals surface area (Å²) in [5, 5.41) is 11.2. The molecular formula is C28H30N2O5. The summed E-state index contributed by atoms with van der Waals surface area (Å²) < 4.78 is 14.4. The first-order valence-corrected chi connectivity index (χ1v) is 12.6. The predicted molar refractivity (Wildman–Crippen MR) is 132 cm³/mol. The summed E-state index contributed by atoms with van der Waals surface area (Å²) in [6.45, 7) is 1.79. The number of piperidine rings is 1. The lowest BCUT2D eigenvalue weighted by atomic mass is 9.95. The number of ether oxygens (including phenoxy) is 2. The number of nitrogens with zero attached hydrogens (tertiary/aromatic N) is 2. The van der Waals surface area contributed by atoms with Crippen molar-refractivity contribution < 1.29 is 19.4 Å². The minimum atomic E-state index is -1.03. The van der Waals surface area contributed by atoms with E-state index in [0.717, 1.165) is 25.7 Å². The summed E-state index contributed by atoms with van der Waals surface area (Å²) in [7, 11) is 0. The van der Waals surface area contributed by atoms with Gasteiger partial charge in [0.05, 0.1) is 23.5 Å². The molecule has 6 rings (SSSR count). The number of aromatic nitrogens is 1. The molecule has 0 amide bonds. The second kappa shape index (κ2) is 8.90. The number of carbonyl (C=O) groups is 1. The van der Waals surface area contributed by atoms with E-state index < -0.39 is 11.8 Å². The van der Waals surface area contributed by atoms with Crippen molar-refractivity contribution in [2.24, 2.45) is 0 Å². The molecule has 182 valence electrons. The Kier molecular flexibility index (Phi) is 5.71. The van der Waals surface area contributed by atoms with Gasteiger partial charge in [0.15, 0.2) is 5.79 Å². The Balaban J connectivity index is 1.36. The van der Waals surface area contributed by atoms with Crippen LogP contribution in [0.15, 0.2) is 59.4 Å². The molecule has 0 bridgehead atoms. The van der Waals surface area contributed by atoms with Gasteiger partial charge in [0.1, 0.15) is 0 Å². The van der Waals surface area contributed by atoms with Crippen LogP contribution in [0.1, 0.15) is 54.6 Å². The average molecular weight is 475 g/mol. The van der Waals surface area contributed by atoms with Gasteiger partial charge < -0.3 is 14.6 Å². The van der Waals surface area contributed by atoms with Crippen molar-refractivity contribution in [1.82, 2.24) is 9.47 Å². The van der Waals surface area contributed by atoms with E-state index in [1.807, 2.05) is 30.3 Å². The van der Waals surface area contributed by atoms with Gasteiger partial charge in [0.25, 0.3) is 5.56 Å². The first-order valence-electron chi connectivity index (χ1n) is 12.6. The second-order valence-electron chi connectivity index (χ2n) is 9.93. The van der Waals surface area contributed by atoms with Crippen LogP contribution in [0.25, 0.3) is 16.5 Å². The number of aromatic carboxylic acids is 1. The maximum atomic E-state index is 13.6. The number of hydrogen-bond donors (Lipinski definition) is 1. The van der Waals surface area contributed by atoms with E-state index in [0.29, 0.717) is 41.8 Å². The Morgan fingerprint density at radius 1 is 0.914 bits per heavy atom. The number of likely N-dealkylation sites (tertiary alicyclic amines) is 1. The van der Waals surface area contributed by atoms with Gasteiger partial charge in [-0.2, -0.15) is 0 Å². The first-order chi connectivity index (χ1) is 17.0. The minimum Gasteiger partial charge on any atom is -0.478 e. The topological polar surface area (TPSA) is 81.0 Å². The number of para-hydroxylation sites is 1. The van der Waals surface area contributed by atoms with Crippen molar-refractivity contribution in [2.75, 3.05) is 13.1 Å². The SMILES string of the molecule is O=C(O)c1c(CN2CCC3(CC2)OC2CCCCC2O3)n(-c2ccccc2)c(=O)c2ccccc12. The molecule has 1 spiro atoms.